The maximum absolute atomic E-state index is 13.3. The van der Waals surface area contributed by atoms with E-state index >= 15 is 0 Å². The fourth-order valence-electron chi connectivity index (χ4n) is 5.71. The third-order valence-corrected chi connectivity index (χ3v) is 10.6. The summed E-state index contributed by atoms with van der Waals surface area (Å²) in [5.74, 6) is 1.43. The zero-order valence-corrected chi connectivity index (χ0v) is 28.6. The third-order valence-electron chi connectivity index (χ3n) is 8.55. The minimum Gasteiger partial charge on any atom is -0.444 e. The number of rotatable bonds is 11. The van der Waals surface area contributed by atoms with Crippen molar-refractivity contribution >= 4 is 33.4 Å². The smallest absolute Gasteiger partial charge is 0.410 e. The summed E-state index contributed by atoms with van der Waals surface area (Å²) in [7, 11) is -1.75. The lowest BCUT2D eigenvalue weighted by Crippen LogP contribution is -2.42. The van der Waals surface area contributed by atoms with Gasteiger partial charge in [0.1, 0.15) is 17.2 Å². The van der Waals surface area contributed by atoms with Gasteiger partial charge in [-0.15, -0.1) is 0 Å². The van der Waals surface area contributed by atoms with Gasteiger partial charge in [0.05, 0.1) is 28.9 Å². The minimum absolute atomic E-state index is 0.0893. The molecule has 17 heteroatoms. The number of aromatic nitrogens is 7. The molecule has 6 rings (SSSR count). The Balaban J connectivity index is 1.16. The molecule has 0 spiro atoms. The predicted octanol–water partition coefficient (Wildman–Crippen LogP) is 5.92. The Kier molecular flexibility index (Phi) is 9.55. The van der Waals surface area contributed by atoms with Gasteiger partial charge in [0.2, 0.25) is 0 Å². The Hall–Kier alpha value is -4.67. The monoisotopic (exact) mass is 698 g/mol. The molecule has 0 aromatic carbocycles. The number of amides is 1. The van der Waals surface area contributed by atoms with Gasteiger partial charge < -0.3 is 20.3 Å². The standard InChI is InChI=1S/C32H40F2N10O4S/c1-32(2,3)48-31(45)42(4)22-7-5-20(6-8-22)16-36-26-15-28(37-18-24(26)25-12-14-43(41-25)30(33)34)39-27-11-13-35-29(40-27)21-17-38-44(19-21)49(46,47)23-9-10-23/h11-15,17-20,22-23,30H,5-10,16H2,1-4H3,(H2,35,36,37,39,40). The Morgan fingerprint density at radius 2 is 1.84 bits per heavy atom. The van der Waals surface area contributed by atoms with Crippen molar-refractivity contribution in [2.75, 3.05) is 24.2 Å². The van der Waals surface area contributed by atoms with Crippen LogP contribution in [0.5, 0.6) is 0 Å². The van der Waals surface area contributed by atoms with Crippen molar-refractivity contribution in [3.8, 4) is 22.6 Å². The number of carbonyl (C=O) groups is 1. The third kappa shape index (κ3) is 8.14. The van der Waals surface area contributed by atoms with E-state index in [-0.39, 0.29) is 18.0 Å². The van der Waals surface area contributed by atoms with Gasteiger partial charge in [-0.2, -0.15) is 23.1 Å². The molecule has 2 aliphatic rings. The van der Waals surface area contributed by atoms with Crippen LogP contribution in [-0.4, -0.2) is 83.8 Å². The number of nitrogens with zero attached hydrogens (tertiary/aromatic N) is 8. The van der Waals surface area contributed by atoms with Crippen molar-refractivity contribution in [1.82, 2.24) is 38.8 Å². The first-order chi connectivity index (χ1) is 23.3. The summed E-state index contributed by atoms with van der Waals surface area (Å²) in [6.07, 6.45) is 11.5. The second-order valence-electron chi connectivity index (χ2n) is 13.5. The Bertz CT molecular complexity index is 1900. The molecule has 2 aliphatic carbocycles. The van der Waals surface area contributed by atoms with Gasteiger partial charge >= 0.3 is 12.6 Å². The molecule has 0 aliphatic heterocycles. The molecule has 4 aromatic rings. The van der Waals surface area contributed by atoms with Crippen molar-refractivity contribution in [2.24, 2.45) is 5.92 Å². The number of pyridine rings is 1. The molecule has 49 heavy (non-hydrogen) atoms. The normalized spacial score (nSPS) is 18.3. The zero-order valence-electron chi connectivity index (χ0n) is 27.8. The van der Waals surface area contributed by atoms with Crippen LogP contribution in [0.2, 0.25) is 0 Å². The zero-order chi connectivity index (χ0) is 34.9. The van der Waals surface area contributed by atoms with Gasteiger partial charge in [0, 0.05) is 55.5 Å². The molecule has 0 bridgehead atoms. The van der Waals surface area contributed by atoms with Gasteiger partial charge in [-0.25, -0.2) is 32.8 Å². The lowest BCUT2D eigenvalue weighted by Gasteiger charge is -2.35. The van der Waals surface area contributed by atoms with Gasteiger partial charge in [0.25, 0.3) is 10.0 Å². The summed E-state index contributed by atoms with van der Waals surface area (Å²) in [5.41, 5.74) is 1.42. The molecule has 4 aromatic heterocycles. The van der Waals surface area contributed by atoms with Crippen LogP contribution in [0.25, 0.3) is 22.6 Å². The van der Waals surface area contributed by atoms with Gasteiger partial charge in [-0.3, -0.25) is 0 Å². The molecule has 0 atom stereocenters. The highest BCUT2D eigenvalue weighted by molar-refractivity contribution is 7.90. The molecule has 1 amide bonds. The lowest BCUT2D eigenvalue weighted by molar-refractivity contribution is 0.0174. The number of anilines is 3. The fraction of sp³-hybridized carbons (Fsp3) is 0.500. The Morgan fingerprint density at radius 3 is 2.51 bits per heavy atom. The average molecular weight is 699 g/mol. The summed E-state index contributed by atoms with van der Waals surface area (Å²) in [5, 5.41) is 14.3. The number of hydrogen-bond donors (Lipinski definition) is 2. The summed E-state index contributed by atoms with van der Waals surface area (Å²) in [6, 6.07) is 5.01. The molecule has 0 radical (unpaired) electrons. The van der Waals surface area contributed by atoms with E-state index < -0.39 is 27.4 Å². The first kappa shape index (κ1) is 34.2. The molecule has 14 nitrogen and oxygen atoms in total. The quantitative estimate of drug-likeness (QED) is 0.191. The van der Waals surface area contributed by atoms with Crippen LogP contribution in [-0.2, 0) is 14.8 Å². The van der Waals surface area contributed by atoms with Crippen LogP contribution in [0.3, 0.4) is 0 Å². The molecular weight excluding hydrogens is 658 g/mol. The summed E-state index contributed by atoms with van der Waals surface area (Å²) < 4.78 is 58.9. The van der Waals surface area contributed by atoms with Crippen LogP contribution in [0.1, 0.15) is 65.8 Å². The number of carbonyl (C=O) groups excluding carboxylic acids is 1. The van der Waals surface area contributed by atoms with Crippen molar-refractivity contribution in [2.45, 2.75) is 82.7 Å². The first-order valence-corrected chi connectivity index (χ1v) is 17.7. The van der Waals surface area contributed by atoms with E-state index in [2.05, 4.69) is 35.8 Å². The van der Waals surface area contributed by atoms with Crippen molar-refractivity contribution in [3.05, 3.63) is 49.2 Å². The number of halogens is 2. The van der Waals surface area contributed by atoms with Gasteiger partial charge in [0.15, 0.2) is 5.82 Å². The van der Waals surface area contributed by atoms with Crippen LogP contribution in [0.4, 0.5) is 30.9 Å². The van der Waals surface area contributed by atoms with Crippen LogP contribution >= 0.6 is 0 Å². The van der Waals surface area contributed by atoms with E-state index in [1.165, 1.54) is 24.7 Å². The highest BCUT2D eigenvalue weighted by Crippen LogP contribution is 2.33. The van der Waals surface area contributed by atoms with E-state index in [0.717, 1.165) is 29.8 Å². The van der Waals surface area contributed by atoms with Crippen molar-refractivity contribution in [3.63, 3.8) is 0 Å². The average Bonchev–Trinajstić information content (AvgIpc) is 3.59. The van der Waals surface area contributed by atoms with Gasteiger partial charge in [-0.05, 0) is 77.3 Å². The highest BCUT2D eigenvalue weighted by Gasteiger charge is 2.38. The minimum atomic E-state index is -3.53. The van der Waals surface area contributed by atoms with E-state index in [4.69, 9.17) is 4.74 Å². The highest BCUT2D eigenvalue weighted by atomic mass is 32.2. The SMILES string of the molecule is CN(C(=O)OC(C)(C)C)C1CCC(CNc2cc(Nc3ccnc(-c4cnn(S(=O)(=O)C5CC5)c4)n3)ncc2-c2ccn(C(F)F)n2)CC1. The summed E-state index contributed by atoms with van der Waals surface area (Å²) in [4.78, 5) is 27.6. The molecule has 262 valence electrons. The lowest BCUT2D eigenvalue weighted by atomic mass is 9.85. The maximum Gasteiger partial charge on any atom is 0.410 e. The van der Waals surface area contributed by atoms with E-state index in [0.29, 0.717) is 64.1 Å². The molecule has 4 heterocycles. The Labute approximate surface area is 283 Å². The maximum atomic E-state index is 13.3. The molecule has 2 N–H and O–H groups in total. The largest absolute Gasteiger partial charge is 0.444 e. The topological polar surface area (TPSA) is 162 Å². The fourth-order valence-corrected chi connectivity index (χ4v) is 7.19. The molecule has 0 unspecified atom stereocenters. The van der Waals surface area contributed by atoms with Gasteiger partial charge in [-0.1, -0.05) is 0 Å². The molecular formula is C32H40F2N10O4S. The number of ether oxygens (including phenoxy) is 1. The van der Waals surface area contributed by atoms with Crippen molar-refractivity contribution < 1.29 is 26.7 Å². The molecule has 2 saturated carbocycles. The van der Waals surface area contributed by atoms with Crippen molar-refractivity contribution in [1.29, 1.82) is 0 Å². The van der Waals surface area contributed by atoms with E-state index in [1.54, 1.807) is 36.5 Å². The first-order valence-electron chi connectivity index (χ1n) is 16.2. The van der Waals surface area contributed by atoms with Crippen LogP contribution < -0.4 is 10.6 Å². The number of hydrogen-bond acceptors (Lipinski definition) is 11. The Morgan fingerprint density at radius 1 is 1.08 bits per heavy atom. The summed E-state index contributed by atoms with van der Waals surface area (Å²) >= 11 is 0. The van der Waals surface area contributed by atoms with Crippen LogP contribution in [0, 0.1) is 5.92 Å². The number of nitrogens with one attached hydrogen (secondary N) is 2. The summed E-state index contributed by atoms with van der Waals surface area (Å²) in [6.45, 7) is 3.38. The molecule has 2 fully saturated rings. The number of alkyl halides is 2. The van der Waals surface area contributed by atoms with Crippen LogP contribution in [0.15, 0.2) is 49.2 Å². The molecule has 0 saturated heterocycles. The van der Waals surface area contributed by atoms with E-state index in [9.17, 15) is 22.0 Å². The second-order valence-corrected chi connectivity index (χ2v) is 15.5. The predicted molar refractivity (Wildman–Crippen MR) is 179 cm³/mol. The second kappa shape index (κ2) is 13.7. The van der Waals surface area contributed by atoms with E-state index in [1.807, 2.05) is 20.8 Å².